The van der Waals surface area contributed by atoms with Crippen LogP contribution in [0.1, 0.15) is 34.7 Å². The molecule has 2 rings (SSSR count). The van der Waals surface area contributed by atoms with Gasteiger partial charge in [0, 0.05) is 6.04 Å². The Bertz CT molecular complexity index is 563. The predicted molar refractivity (Wildman–Crippen MR) is 77.6 cm³/mol. The van der Waals surface area contributed by atoms with Gasteiger partial charge in [0.1, 0.15) is 5.82 Å². The standard InChI is InChI=1S/C17H20FN/c1-12-4-3-5-14(10-12)7-9-17(19)16-11-15(18)8-6-13(16)2/h3-6,8,10-11,17H,7,9,19H2,1-2H3. The largest absolute Gasteiger partial charge is 0.324 e. The number of hydrogen-bond donors (Lipinski definition) is 1. The maximum Gasteiger partial charge on any atom is 0.123 e. The molecular formula is C17H20FN. The lowest BCUT2D eigenvalue weighted by Crippen LogP contribution is -2.13. The molecular weight excluding hydrogens is 237 g/mol. The van der Waals surface area contributed by atoms with Crippen LogP contribution in [0.25, 0.3) is 0 Å². The van der Waals surface area contributed by atoms with Gasteiger partial charge in [-0.15, -0.1) is 0 Å². The molecule has 0 bridgehead atoms. The van der Waals surface area contributed by atoms with Gasteiger partial charge in [-0.25, -0.2) is 4.39 Å². The molecule has 100 valence electrons. The Hall–Kier alpha value is -1.67. The molecule has 1 unspecified atom stereocenters. The molecule has 0 radical (unpaired) electrons. The summed E-state index contributed by atoms with van der Waals surface area (Å²) in [4.78, 5) is 0. The molecule has 0 fully saturated rings. The SMILES string of the molecule is Cc1cccc(CCC(N)c2cc(F)ccc2C)c1. The van der Waals surface area contributed by atoms with Crippen molar-refractivity contribution in [2.75, 3.05) is 0 Å². The van der Waals surface area contributed by atoms with Gasteiger partial charge in [-0.2, -0.15) is 0 Å². The van der Waals surface area contributed by atoms with Crippen LogP contribution in [-0.2, 0) is 6.42 Å². The lowest BCUT2D eigenvalue weighted by molar-refractivity contribution is 0.607. The highest BCUT2D eigenvalue weighted by Gasteiger charge is 2.10. The first-order valence-corrected chi connectivity index (χ1v) is 6.63. The van der Waals surface area contributed by atoms with E-state index in [2.05, 4.69) is 31.2 Å². The summed E-state index contributed by atoms with van der Waals surface area (Å²) in [6, 6.07) is 13.1. The van der Waals surface area contributed by atoms with E-state index in [-0.39, 0.29) is 11.9 Å². The van der Waals surface area contributed by atoms with Gasteiger partial charge in [0.15, 0.2) is 0 Å². The van der Waals surface area contributed by atoms with E-state index < -0.39 is 0 Å². The zero-order valence-electron chi connectivity index (χ0n) is 11.5. The Morgan fingerprint density at radius 3 is 2.63 bits per heavy atom. The van der Waals surface area contributed by atoms with Gasteiger partial charge in [0.05, 0.1) is 0 Å². The summed E-state index contributed by atoms with van der Waals surface area (Å²) in [7, 11) is 0. The average molecular weight is 257 g/mol. The first-order chi connectivity index (χ1) is 9.06. The zero-order chi connectivity index (χ0) is 13.8. The monoisotopic (exact) mass is 257 g/mol. The lowest BCUT2D eigenvalue weighted by atomic mass is 9.96. The fourth-order valence-electron chi connectivity index (χ4n) is 2.36. The van der Waals surface area contributed by atoms with Crippen LogP contribution in [-0.4, -0.2) is 0 Å². The summed E-state index contributed by atoms with van der Waals surface area (Å²) in [6.45, 7) is 4.06. The highest BCUT2D eigenvalue weighted by Crippen LogP contribution is 2.21. The smallest absolute Gasteiger partial charge is 0.123 e. The van der Waals surface area contributed by atoms with E-state index in [0.717, 1.165) is 24.0 Å². The first kappa shape index (κ1) is 13.8. The minimum atomic E-state index is -0.216. The maximum absolute atomic E-state index is 13.3. The minimum absolute atomic E-state index is 0.115. The Morgan fingerprint density at radius 2 is 1.89 bits per heavy atom. The number of halogens is 1. The minimum Gasteiger partial charge on any atom is -0.324 e. The van der Waals surface area contributed by atoms with Gasteiger partial charge >= 0.3 is 0 Å². The van der Waals surface area contributed by atoms with Crippen molar-refractivity contribution in [2.24, 2.45) is 5.73 Å². The summed E-state index contributed by atoms with van der Waals surface area (Å²) >= 11 is 0. The molecule has 0 aliphatic heterocycles. The predicted octanol–water partition coefficient (Wildman–Crippen LogP) is 4.08. The molecule has 0 amide bonds. The van der Waals surface area contributed by atoms with Gasteiger partial charge in [0.2, 0.25) is 0 Å². The van der Waals surface area contributed by atoms with Crippen LogP contribution in [0.3, 0.4) is 0 Å². The van der Waals surface area contributed by atoms with Gasteiger partial charge in [-0.3, -0.25) is 0 Å². The number of rotatable bonds is 4. The molecule has 2 aromatic carbocycles. The van der Waals surface area contributed by atoms with E-state index in [1.165, 1.54) is 17.2 Å². The first-order valence-electron chi connectivity index (χ1n) is 6.63. The molecule has 0 aliphatic rings. The summed E-state index contributed by atoms with van der Waals surface area (Å²) < 4.78 is 13.3. The summed E-state index contributed by atoms with van der Waals surface area (Å²) in [5.74, 6) is -0.216. The molecule has 0 spiro atoms. The molecule has 2 aromatic rings. The van der Waals surface area contributed by atoms with Gasteiger partial charge in [0.25, 0.3) is 0 Å². The summed E-state index contributed by atoms with van der Waals surface area (Å²) in [5.41, 5.74) is 10.7. The third-order valence-electron chi connectivity index (χ3n) is 3.47. The zero-order valence-corrected chi connectivity index (χ0v) is 11.5. The van der Waals surface area contributed by atoms with Crippen LogP contribution in [0, 0.1) is 19.7 Å². The molecule has 2 N–H and O–H groups in total. The number of benzene rings is 2. The Balaban J connectivity index is 2.05. The molecule has 0 aromatic heterocycles. The van der Waals surface area contributed by atoms with Crippen LogP contribution in [0.4, 0.5) is 4.39 Å². The highest BCUT2D eigenvalue weighted by molar-refractivity contribution is 5.30. The van der Waals surface area contributed by atoms with Crippen molar-refractivity contribution in [2.45, 2.75) is 32.7 Å². The van der Waals surface area contributed by atoms with E-state index in [9.17, 15) is 4.39 Å². The second-order valence-corrected chi connectivity index (χ2v) is 5.14. The normalized spacial score (nSPS) is 12.4. The Kier molecular flexibility index (Phi) is 4.33. The van der Waals surface area contributed by atoms with Crippen LogP contribution in [0.5, 0.6) is 0 Å². The highest BCUT2D eigenvalue weighted by atomic mass is 19.1. The van der Waals surface area contributed by atoms with Crippen LogP contribution >= 0.6 is 0 Å². The molecule has 19 heavy (non-hydrogen) atoms. The molecule has 2 heteroatoms. The van der Waals surface area contributed by atoms with Gasteiger partial charge in [-0.05, 0) is 55.5 Å². The summed E-state index contributed by atoms with van der Waals surface area (Å²) in [6.07, 6.45) is 1.74. The Morgan fingerprint density at radius 1 is 1.11 bits per heavy atom. The molecule has 1 nitrogen and oxygen atoms in total. The number of nitrogens with two attached hydrogens (primary N) is 1. The van der Waals surface area contributed by atoms with Gasteiger partial charge in [-0.1, -0.05) is 35.9 Å². The van der Waals surface area contributed by atoms with Crippen molar-refractivity contribution in [3.63, 3.8) is 0 Å². The second-order valence-electron chi connectivity index (χ2n) is 5.14. The quantitative estimate of drug-likeness (QED) is 0.877. The van der Waals surface area contributed by atoms with Gasteiger partial charge < -0.3 is 5.73 Å². The molecule has 0 heterocycles. The van der Waals surface area contributed by atoms with Crippen molar-refractivity contribution < 1.29 is 4.39 Å². The summed E-state index contributed by atoms with van der Waals surface area (Å²) in [5, 5.41) is 0. The third kappa shape index (κ3) is 3.65. The van der Waals surface area contributed by atoms with Crippen molar-refractivity contribution >= 4 is 0 Å². The maximum atomic E-state index is 13.3. The Labute approximate surface area is 114 Å². The van der Waals surface area contributed by atoms with Crippen molar-refractivity contribution in [3.8, 4) is 0 Å². The van der Waals surface area contributed by atoms with E-state index in [0.29, 0.717) is 0 Å². The molecule has 1 atom stereocenters. The lowest BCUT2D eigenvalue weighted by Gasteiger charge is -2.15. The van der Waals surface area contributed by atoms with Crippen molar-refractivity contribution in [3.05, 3.63) is 70.5 Å². The fraction of sp³-hybridized carbons (Fsp3) is 0.294. The fourth-order valence-corrected chi connectivity index (χ4v) is 2.36. The van der Waals surface area contributed by atoms with Crippen LogP contribution < -0.4 is 5.73 Å². The molecule has 0 aliphatic carbocycles. The van der Waals surface area contributed by atoms with Crippen molar-refractivity contribution in [1.82, 2.24) is 0 Å². The number of aryl methyl sites for hydroxylation is 3. The van der Waals surface area contributed by atoms with E-state index in [1.807, 2.05) is 6.92 Å². The van der Waals surface area contributed by atoms with Crippen LogP contribution in [0.2, 0.25) is 0 Å². The number of hydrogen-bond acceptors (Lipinski definition) is 1. The third-order valence-corrected chi connectivity index (χ3v) is 3.47. The van der Waals surface area contributed by atoms with E-state index in [4.69, 9.17) is 5.73 Å². The average Bonchev–Trinajstić information content (AvgIpc) is 2.39. The van der Waals surface area contributed by atoms with Crippen molar-refractivity contribution in [1.29, 1.82) is 0 Å². The second kappa shape index (κ2) is 5.98. The van der Waals surface area contributed by atoms with Crippen LogP contribution in [0.15, 0.2) is 42.5 Å². The molecule has 0 saturated carbocycles. The topological polar surface area (TPSA) is 26.0 Å². The van der Waals surface area contributed by atoms with E-state index >= 15 is 0 Å². The molecule has 0 saturated heterocycles. The van der Waals surface area contributed by atoms with E-state index in [1.54, 1.807) is 12.1 Å².